The van der Waals surface area contributed by atoms with Crippen LogP contribution in [0, 0.1) is 16.9 Å². The Morgan fingerprint density at radius 2 is 1.54 bits per heavy atom. The van der Waals surface area contributed by atoms with Crippen molar-refractivity contribution in [3.8, 4) is 22.6 Å². The van der Waals surface area contributed by atoms with Gasteiger partial charge in [-0.2, -0.15) is 0 Å². The van der Waals surface area contributed by atoms with Gasteiger partial charge in [-0.1, -0.05) is 104 Å². The monoisotopic (exact) mass is 850 g/mol. The molecule has 50 heavy (non-hydrogen) atoms. The van der Waals surface area contributed by atoms with E-state index in [1.165, 1.54) is 17.0 Å². The number of carbonyl (C=O) groups is 1. The molecule has 0 atom stereocenters. The number of benzene rings is 3. The van der Waals surface area contributed by atoms with Gasteiger partial charge in [0.25, 0.3) is 0 Å². The Hall–Kier alpha value is -4.06. The Morgan fingerprint density at radius 3 is 2.20 bits per heavy atom. The Balaban J connectivity index is 0.000000269. The van der Waals surface area contributed by atoms with Gasteiger partial charge in [0, 0.05) is 54.0 Å². The van der Waals surface area contributed by atoms with Crippen molar-refractivity contribution in [3.63, 3.8) is 0 Å². The van der Waals surface area contributed by atoms with E-state index in [9.17, 15) is 9.90 Å². The molecular formula is C43H49IrN2O4-. The first-order valence-corrected chi connectivity index (χ1v) is 17.4. The standard InChI is InChI=1S/C28H21N2O2.C15H28O2.Ir/c1-28(2,3)22-13-20(12-18-6-4-5-7-21(18)22)26-27-23(29-16-30-26)15-25(32-27)19-9-8-17-10-11-31-24(17)14-19;1-7-14(5,8-2)12(16)11-13(17)15(6,9-3)10-4;/h4-11,13-16H,1-3H3;11,16H,7-10H2,1-6H3;/q-1;;/b;12-11-;. The number of nitrogens with zero attached hydrogens (tertiary/aromatic N) is 2. The smallest absolute Gasteiger partial charge is 0.164 e. The first-order chi connectivity index (χ1) is 23.3. The van der Waals surface area contributed by atoms with Crippen molar-refractivity contribution in [2.75, 3.05) is 0 Å². The molecule has 6 nitrogen and oxygen atoms in total. The maximum atomic E-state index is 12.2. The molecule has 6 rings (SSSR count). The summed E-state index contributed by atoms with van der Waals surface area (Å²) in [6.45, 7) is 18.8. The van der Waals surface area contributed by atoms with Crippen LogP contribution in [0.3, 0.4) is 0 Å². The zero-order valence-electron chi connectivity index (χ0n) is 30.7. The van der Waals surface area contributed by atoms with Gasteiger partial charge in [-0.25, -0.2) is 4.98 Å². The fourth-order valence-corrected chi connectivity index (χ4v) is 5.96. The van der Waals surface area contributed by atoms with Crippen molar-refractivity contribution in [2.24, 2.45) is 10.8 Å². The average Bonchev–Trinajstić information content (AvgIpc) is 3.77. The summed E-state index contributed by atoms with van der Waals surface area (Å²) in [7, 11) is 0. The maximum Gasteiger partial charge on any atom is 0.164 e. The molecule has 0 aliphatic rings. The van der Waals surface area contributed by atoms with Crippen LogP contribution in [0.2, 0.25) is 0 Å². The fourth-order valence-electron chi connectivity index (χ4n) is 5.96. The van der Waals surface area contributed by atoms with E-state index in [2.05, 4.69) is 61.1 Å². The largest absolute Gasteiger partial charge is 0.512 e. The number of hydrogen-bond donors (Lipinski definition) is 1. The van der Waals surface area contributed by atoms with Gasteiger partial charge >= 0.3 is 0 Å². The van der Waals surface area contributed by atoms with E-state index in [4.69, 9.17) is 8.83 Å². The van der Waals surface area contributed by atoms with E-state index in [1.807, 2.05) is 77.9 Å². The summed E-state index contributed by atoms with van der Waals surface area (Å²) in [5.74, 6) is 1.02. The first kappa shape index (κ1) is 38.7. The van der Waals surface area contributed by atoms with Crippen LogP contribution >= 0.6 is 0 Å². The van der Waals surface area contributed by atoms with Gasteiger partial charge in [-0.15, -0.1) is 29.1 Å². The van der Waals surface area contributed by atoms with Crippen molar-refractivity contribution < 1.29 is 38.8 Å². The molecule has 0 saturated heterocycles. The number of furan rings is 2. The molecule has 0 unspecified atom stereocenters. The van der Waals surface area contributed by atoms with Crippen LogP contribution in [-0.4, -0.2) is 20.9 Å². The van der Waals surface area contributed by atoms with Crippen LogP contribution in [0.25, 0.3) is 55.4 Å². The maximum absolute atomic E-state index is 12.2. The normalized spacial score (nSPS) is 12.5. The molecule has 0 saturated carbocycles. The molecular weight excluding hydrogens is 801 g/mol. The Labute approximate surface area is 309 Å². The quantitative estimate of drug-likeness (QED) is 0.0885. The van der Waals surface area contributed by atoms with Crippen molar-refractivity contribution >= 4 is 38.6 Å². The van der Waals surface area contributed by atoms with E-state index < -0.39 is 0 Å². The van der Waals surface area contributed by atoms with Crippen LogP contribution in [-0.2, 0) is 30.3 Å². The molecule has 1 radical (unpaired) electrons. The minimum Gasteiger partial charge on any atom is -0.512 e. The van der Waals surface area contributed by atoms with Crippen LogP contribution in [0.1, 0.15) is 93.6 Å². The second-order valence-corrected chi connectivity index (χ2v) is 14.5. The van der Waals surface area contributed by atoms with Crippen LogP contribution < -0.4 is 0 Å². The van der Waals surface area contributed by atoms with Crippen LogP contribution in [0.15, 0.2) is 93.9 Å². The number of fused-ring (bicyclic) bond motifs is 3. The van der Waals surface area contributed by atoms with Gasteiger partial charge in [0.15, 0.2) is 5.78 Å². The van der Waals surface area contributed by atoms with Gasteiger partial charge < -0.3 is 13.9 Å². The number of carbonyl (C=O) groups excluding carboxylic acids is 1. The summed E-state index contributed by atoms with van der Waals surface area (Å²) in [6, 6.07) is 24.0. The number of aromatic nitrogens is 2. The number of ketones is 1. The zero-order valence-corrected chi connectivity index (χ0v) is 33.1. The summed E-state index contributed by atoms with van der Waals surface area (Å²) in [5, 5.41) is 13.5. The number of aliphatic hydroxyl groups is 1. The molecule has 1 N–H and O–H groups in total. The summed E-state index contributed by atoms with van der Waals surface area (Å²) in [6.07, 6.45) is 8.04. The molecule has 0 amide bonds. The second-order valence-electron chi connectivity index (χ2n) is 14.5. The molecule has 0 bridgehead atoms. The van der Waals surface area contributed by atoms with Crippen molar-refractivity contribution in [1.29, 1.82) is 0 Å². The van der Waals surface area contributed by atoms with Gasteiger partial charge in [0.1, 0.15) is 34.5 Å². The third kappa shape index (κ3) is 7.80. The second kappa shape index (κ2) is 15.4. The predicted molar refractivity (Wildman–Crippen MR) is 201 cm³/mol. The fraction of sp³-hybridized carbons (Fsp3) is 0.372. The molecule has 0 aliphatic carbocycles. The zero-order chi connectivity index (χ0) is 35.6. The number of allylic oxidation sites excluding steroid dienone is 2. The minimum atomic E-state index is -0.337. The topological polar surface area (TPSA) is 89.4 Å². The first-order valence-electron chi connectivity index (χ1n) is 17.4. The van der Waals surface area contributed by atoms with Crippen LogP contribution in [0.5, 0.6) is 0 Å². The van der Waals surface area contributed by atoms with E-state index in [0.717, 1.165) is 70.1 Å². The average molecular weight is 850 g/mol. The third-order valence-electron chi connectivity index (χ3n) is 10.5. The molecule has 6 aromatic rings. The van der Waals surface area contributed by atoms with E-state index >= 15 is 0 Å². The number of aliphatic hydroxyl groups excluding tert-OH is 1. The Morgan fingerprint density at radius 1 is 0.860 bits per heavy atom. The number of hydrogen-bond acceptors (Lipinski definition) is 6. The predicted octanol–water partition coefficient (Wildman–Crippen LogP) is 12.2. The molecule has 0 aliphatic heterocycles. The van der Waals surface area contributed by atoms with Gasteiger partial charge in [0.05, 0.1) is 12.0 Å². The summed E-state index contributed by atoms with van der Waals surface area (Å²) >= 11 is 0. The Bertz CT molecular complexity index is 2120. The van der Waals surface area contributed by atoms with Crippen molar-refractivity contribution in [2.45, 2.75) is 93.4 Å². The Kier molecular flexibility index (Phi) is 12.0. The van der Waals surface area contributed by atoms with Crippen molar-refractivity contribution in [1.82, 2.24) is 9.97 Å². The minimum absolute atomic E-state index is 0. The summed E-state index contributed by atoms with van der Waals surface area (Å²) in [4.78, 5) is 21.2. The molecule has 3 heterocycles. The van der Waals surface area contributed by atoms with Gasteiger partial charge in [-0.05, 0) is 43.2 Å². The molecule has 0 fully saturated rings. The SMILES string of the molecule is CC(C)(C)c1cc(-c2ncnc3cc(-c4ccc5ccoc5c4)oc23)[c-]c2ccccc12.CCC(C)(CC)C(=O)/C=C(\O)C(C)(CC)CC.[Ir]. The summed E-state index contributed by atoms with van der Waals surface area (Å²) < 4.78 is 11.9. The molecule has 265 valence electrons. The van der Waals surface area contributed by atoms with E-state index in [-0.39, 0.29) is 47.9 Å². The van der Waals surface area contributed by atoms with Crippen LogP contribution in [0.4, 0.5) is 0 Å². The van der Waals surface area contributed by atoms with Gasteiger partial charge in [-0.3, -0.25) is 9.78 Å². The summed E-state index contributed by atoms with van der Waals surface area (Å²) in [5.41, 5.74) is 5.47. The molecule has 3 aromatic carbocycles. The molecule has 7 heteroatoms. The third-order valence-corrected chi connectivity index (χ3v) is 10.5. The molecule has 3 aromatic heterocycles. The number of rotatable bonds is 9. The molecule has 0 spiro atoms. The van der Waals surface area contributed by atoms with E-state index in [1.54, 1.807) is 12.6 Å². The van der Waals surface area contributed by atoms with Gasteiger partial charge in [0.2, 0.25) is 0 Å². The van der Waals surface area contributed by atoms with E-state index in [0.29, 0.717) is 5.58 Å². The van der Waals surface area contributed by atoms with Crippen molar-refractivity contribution in [3.05, 3.63) is 96.7 Å².